The Kier molecular flexibility index (Phi) is 5.52. The standard InChI is InChI=1S/C13H16N6O3S/c1-3-22-10-7-5-4-6-9(10)19-13(16-17-18-19)23-8(2)11(20)15-12(14)21/h4-8H,3H2,1-2H3,(H3,14,15,20,21)/t8-/m0/s1. The van der Waals surface area contributed by atoms with E-state index in [-0.39, 0.29) is 0 Å². The van der Waals surface area contributed by atoms with E-state index in [1.54, 1.807) is 19.1 Å². The highest BCUT2D eigenvalue weighted by Crippen LogP contribution is 2.27. The summed E-state index contributed by atoms with van der Waals surface area (Å²) in [5, 5.41) is 13.3. The number of amides is 3. The first-order valence-electron chi connectivity index (χ1n) is 6.80. The summed E-state index contributed by atoms with van der Waals surface area (Å²) in [6.45, 7) is 4.00. The maximum Gasteiger partial charge on any atom is 0.318 e. The van der Waals surface area contributed by atoms with Crippen LogP contribution in [0.2, 0.25) is 0 Å². The molecule has 122 valence electrons. The Labute approximate surface area is 136 Å². The van der Waals surface area contributed by atoms with E-state index < -0.39 is 17.2 Å². The Morgan fingerprint density at radius 3 is 2.87 bits per heavy atom. The van der Waals surface area contributed by atoms with Crippen molar-refractivity contribution in [1.82, 2.24) is 25.5 Å². The van der Waals surface area contributed by atoms with Crippen LogP contribution in [0.4, 0.5) is 4.79 Å². The van der Waals surface area contributed by atoms with Crippen LogP contribution in [0.5, 0.6) is 5.75 Å². The monoisotopic (exact) mass is 336 g/mol. The van der Waals surface area contributed by atoms with Crippen molar-refractivity contribution >= 4 is 23.7 Å². The van der Waals surface area contributed by atoms with E-state index in [2.05, 4.69) is 15.5 Å². The lowest BCUT2D eigenvalue weighted by Gasteiger charge is -2.12. The van der Waals surface area contributed by atoms with Crippen LogP contribution in [0.1, 0.15) is 13.8 Å². The van der Waals surface area contributed by atoms with Crippen LogP contribution in [0.15, 0.2) is 29.4 Å². The number of nitrogens with zero attached hydrogens (tertiary/aromatic N) is 4. The van der Waals surface area contributed by atoms with E-state index in [0.717, 1.165) is 11.8 Å². The van der Waals surface area contributed by atoms with Crippen LogP contribution in [0.25, 0.3) is 5.69 Å². The summed E-state index contributed by atoms with van der Waals surface area (Å²) in [5.41, 5.74) is 5.59. The van der Waals surface area contributed by atoms with Gasteiger partial charge in [-0.3, -0.25) is 10.1 Å². The molecule has 2 aromatic rings. The predicted octanol–water partition coefficient (Wildman–Crippen LogP) is 0.736. The molecule has 0 bridgehead atoms. The van der Waals surface area contributed by atoms with Crippen molar-refractivity contribution < 1.29 is 14.3 Å². The van der Waals surface area contributed by atoms with E-state index in [1.165, 1.54) is 4.68 Å². The molecular weight excluding hydrogens is 320 g/mol. The molecule has 0 aliphatic heterocycles. The highest BCUT2D eigenvalue weighted by atomic mass is 32.2. The van der Waals surface area contributed by atoms with Gasteiger partial charge in [0.05, 0.1) is 11.9 Å². The van der Waals surface area contributed by atoms with Gasteiger partial charge in [-0.1, -0.05) is 23.9 Å². The zero-order chi connectivity index (χ0) is 16.8. The Bertz CT molecular complexity index is 705. The zero-order valence-corrected chi connectivity index (χ0v) is 13.4. The minimum atomic E-state index is -0.899. The number of carbonyl (C=O) groups excluding carboxylic acids is 2. The number of rotatable bonds is 6. The first-order valence-corrected chi connectivity index (χ1v) is 7.68. The van der Waals surface area contributed by atoms with Gasteiger partial charge in [-0.25, -0.2) is 4.79 Å². The first-order chi connectivity index (χ1) is 11.0. The summed E-state index contributed by atoms with van der Waals surface area (Å²) in [4.78, 5) is 22.5. The normalized spacial score (nSPS) is 11.7. The first kappa shape index (κ1) is 16.7. The van der Waals surface area contributed by atoms with Gasteiger partial charge in [0.2, 0.25) is 11.1 Å². The van der Waals surface area contributed by atoms with Crippen LogP contribution in [-0.4, -0.2) is 44.0 Å². The number of primary amides is 1. The van der Waals surface area contributed by atoms with Crippen LogP contribution >= 0.6 is 11.8 Å². The van der Waals surface area contributed by atoms with Gasteiger partial charge >= 0.3 is 6.03 Å². The molecule has 0 aliphatic carbocycles. The van der Waals surface area contributed by atoms with Crippen molar-refractivity contribution in [3.63, 3.8) is 0 Å². The van der Waals surface area contributed by atoms with Crippen molar-refractivity contribution in [3.05, 3.63) is 24.3 Å². The van der Waals surface area contributed by atoms with Gasteiger partial charge in [-0.15, -0.1) is 5.10 Å². The van der Waals surface area contributed by atoms with Crippen LogP contribution < -0.4 is 15.8 Å². The fourth-order valence-corrected chi connectivity index (χ4v) is 2.55. The van der Waals surface area contributed by atoms with Crippen LogP contribution in [0.3, 0.4) is 0 Å². The van der Waals surface area contributed by atoms with Gasteiger partial charge in [-0.2, -0.15) is 4.68 Å². The highest BCUT2D eigenvalue weighted by Gasteiger charge is 2.21. The molecule has 1 atom stereocenters. The molecule has 0 fully saturated rings. The third-order valence-electron chi connectivity index (χ3n) is 2.73. The van der Waals surface area contributed by atoms with Crippen molar-refractivity contribution in [2.45, 2.75) is 24.3 Å². The third kappa shape index (κ3) is 4.19. The van der Waals surface area contributed by atoms with Gasteiger partial charge < -0.3 is 10.5 Å². The quantitative estimate of drug-likeness (QED) is 0.745. The van der Waals surface area contributed by atoms with Crippen LogP contribution in [0, 0.1) is 0 Å². The molecule has 1 aromatic carbocycles. The molecule has 1 heterocycles. The van der Waals surface area contributed by atoms with E-state index in [9.17, 15) is 9.59 Å². The van der Waals surface area contributed by atoms with Gasteiger partial charge in [0.1, 0.15) is 11.4 Å². The van der Waals surface area contributed by atoms with Crippen LogP contribution in [-0.2, 0) is 4.79 Å². The summed E-state index contributed by atoms with van der Waals surface area (Å²) in [6, 6.07) is 6.38. The summed E-state index contributed by atoms with van der Waals surface area (Å²) in [7, 11) is 0. The number of nitrogens with two attached hydrogens (primary N) is 1. The fourth-order valence-electron chi connectivity index (χ4n) is 1.75. The molecule has 1 aromatic heterocycles. The van der Waals surface area contributed by atoms with Crippen molar-refractivity contribution in [2.24, 2.45) is 5.73 Å². The lowest BCUT2D eigenvalue weighted by molar-refractivity contribution is -0.119. The Hall–Kier alpha value is -2.62. The zero-order valence-electron chi connectivity index (χ0n) is 12.6. The van der Waals surface area contributed by atoms with Gasteiger partial charge in [0.25, 0.3) is 0 Å². The predicted molar refractivity (Wildman–Crippen MR) is 83.4 cm³/mol. The molecule has 0 saturated heterocycles. The number of nitrogens with one attached hydrogen (secondary N) is 1. The number of benzene rings is 1. The number of tetrazole rings is 1. The largest absolute Gasteiger partial charge is 0.492 e. The highest BCUT2D eigenvalue weighted by molar-refractivity contribution is 8.00. The van der Waals surface area contributed by atoms with Crippen molar-refractivity contribution in [3.8, 4) is 11.4 Å². The molecule has 0 unspecified atom stereocenters. The van der Waals surface area contributed by atoms with Gasteiger partial charge in [-0.05, 0) is 36.4 Å². The Balaban J connectivity index is 2.23. The molecular formula is C13H16N6O3S. The number of imide groups is 1. The average Bonchev–Trinajstić information content (AvgIpc) is 2.95. The molecule has 3 N–H and O–H groups in total. The fraction of sp³-hybridized carbons (Fsp3) is 0.308. The Morgan fingerprint density at radius 2 is 2.17 bits per heavy atom. The molecule has 0 radical (unpaired) electrons. The van der Waals surface area contributed by atoms with Gasteiger partial charge in [0, 0.05) is 0 Å². The number of urea groups is 1. The molecule has 0 spiro atoms. The number of para-hydroxylation sites is 2. The minimum absolute atomic E-state index is 0.393. The number of hydrogen-bond acceptors (Lipinski definition) is 7. The van der Waals surface area contributed by atoms with Crippen molar-refractivity contribution in [2.75, 3.05) is 6.61 Å². The second-order valence-electron chi connectivity index (χ2n) is 4.39. The van der Waals surface area contributed by atoms with E-state index in [4.69, 9.17) is 10.5 Å². The summed E-state index contributed by atoms with van der Waals surface area (Å²) < 4.78 is 7.03. The lowest BCUT2D eigenvalue weighted by atomic mass is 10.3. The number of ether oxygens (including phenoxy) is 1. The SMILES string of the molecule is CCOc1ccccc1-n1nnnc1S[C@@H](C)C(=O)NC(N)=O. The molecule has 0 aliphatic rings. The van der Waals surface area contributed by atoms with Crippen molar-refractivity contribution in [1.29, 1.82) is 0 Å². The smallest absolute Gasteiger partial charge is 0.318 e. The van der Waals surface area contributed by atoms with E-state index >= 15 is 0 Å². The maximum atomic E-state index is 11.8. The number of thioether (sulfide) groups is 1. The Morgan fingerprint density at radius 1 is 1.43 bits per heavy atom. The maximum absolute atomic E-state index is 11.8. The molecule has 3 amide bonds. The number of hydrogen-bond donors (Lipinski definition) is 2. The molecule has 9 nitrogen and oxygen atoms in total. The second-order valence-corrected chi connectivity index (χ2v) is 5.70. The lowest BCUT2D eigenvalue weighted by Crippen LogP contribution is -2.39. The number of aromatic nitrogens is 4. The van der Waals surface area contributed by atoms with Gasteiger partial charge in [0.15, 0.2) is 0 Å². The third-order valence-corrected chi connectivity index (χ3v) is 3.77. The molecule has 23 heavy (non-hydrogen) atoms. The minimum Gasteiger partial charge on any atom is -0.492 e. The number of carbonyl (C=O) groups is 2. The topological polar surface area (TPSA) is 125 Å². The van der Waals surface area contributed by atoms with E-state index in [0.29, 0.717) is 23.2 Å². The second kappa shape index (κ2) is 7.58. The molecule has 10 heteroatoms. The molecule has 2 rings (SSSR count). The van der Waals surface area contributed by atoms with E-state index in [1.807, 2.05) is 24.4 Å². The average molecular weight is 336 g/mol. The summed E-state index contributed by atoms with van der Waals surface area (Å²) in [5.74, 6) is 0.105. The summed E-state index contributed by atoms with van der Waals surface area (Å²) >= 11 is 1.10. The summed E-state index contributed by atoms with van der Waals surface area (Å²) in [6.07, 6.45) is 0. The molecule has 0 saturated carbocycles.